The second-order valence-electron chi connectivity index (χ2n) is 5.41. The van der Waals surface area contributed by atoms with Crippen molar-refractivity contribution in [2.75, 3.05) is 25.5 Å². The number of fused-ring (bicyclic) bond motifs is 1. The van der Waals surface area contributed by atoms with Gasteiger partial charge in [0.15, 0.2) is 11.6 Å². The predicted molar refractivity (Wildman–Crippen MR) is 101 cm³/mol. The van der Waals surface area contributed by atoms with Gasteiger partial charge in [0.05, 0.1) is 10.2 Å². The van der Waals surface area contributed by atoms with Crippen molar-refractivity contribution in [2.45, 2.75) is 13.3 Å². The van der Waals surface area contributed by atoms with Gasteiger partial charge in [-0.2, -0.15) is 0 Å². The molecule has 0 bridgehead atoms. The van der Waals surface area contributed by atoms with Crippen LogP contribution < -0.4 is 5.32 Å². The number of allylic oxidation sites excluding steroid dienone is 1. The van der Waals surface area contributed by atoms with Gasteiger partial charge in [-0.15, -0.1) is 17.9 Å². The van der Waals surface area contributed by atoms with Crippen molar-refractivity contribution >= 4 is 27.2 Å². The molecule has 7 heteroatoms. The minimum absolute atomic E-state index is 0.157. The first-order valence-electron chi connectivity index (χ1n) is 7.91. The van der Waals surface area contributed by atoms with Crippen LogP contribution in [-0.4, -0.2) is 35.1 Å². The zero-order valence-corrected chi connectivity index (χ0v) is 15.2. The van der Waals surface area contributed by atoms with Crippen LogP contribution in [0.5, 0.6) is 0 Å². The Morgan fingerprint density at radius 3 is 2.88 bits per heavy atom. The Labute approximate surface area is 150 Å². The van der Waals surface area contributed by atoms with Gasteiger partial charge in [0.2, 0.25) is 0 Å². The summed E-state index contributed by atoms with van der Waals surface area (Å²) in [5.74, 6) is -1.38. The minimum Gasteiger partial charge on any atom is -0.351 e. The third kappa shape index (κ3) is 4.64. The van der Waals surface area contributed by atoms with E-state index in [9.17, 15) is 8.78 Å². The number of halogens is 2. The molecule has 0 aliphatic carbocycles. The van der Waals surface area contributed by atoms with Crippen molar-refractivity contribution in [2.24, 2.45) is 0 Å². The average molecular weight is 364 g/mol. The average Bonchev–Trinajstić information content (AvgIpc) is 3.05. The van der Waals surface area contributed by atoms with E-state index in [4.69, 9.17) is 0 Å². The molecule has 0 radical (unpaired) electrons. The lowest BCUT2D eigenvalue weighted by Gasteiger charge is -2.29. The van der Waals surface area contributed by atoms with Gasteiger partial charge >= 0.3 is 0 Å². The van der Waals surface area contributed by atoms with E-state index >= 15 is 0 Å². The second-order valence-corrected chi connectivity index (χ2v) is 6.30. The third-order valence-electron chi connectivity index (χ3n) is 3.70. The highest BCUT2D eigenvalue weighted by Gasteiger charge is 2.15. The first-order chi connectivity index (χ1) is 12.0. The van der Waals surface area contributed by atoms with Crippen LogP contribution in [0.3, 0.4) is 0 Å². The number of nitrogens with one attached hydrogen (secondary N) is 1. The Morgan fingerprint density at radius 2 is 2.20 bits per heavy atom. The molecule has 1 N–H and O–H groups in total. The SMILES string of the molecule is C=CCCN(CC)N(C)/C=C\C(=C)Nc1c(F)cc2scnc2c1F. The number of hydrogen-bond acceptors (Lipinski definition) is 5. The van der Waals surface area contributed by atoms with E-state index in [1.807, 2.05) is 25.1 Å². The largest absolute Gasteiger partial charge is 0.351 e. The van der Waals surface area contributed by atoms with Crippen molar-refractivity contribution in [3.63, 3.8) is 0 Å². The first kappa shape index (κ1) is 19.1. The highest BCUT2D eigenvalue weighted by atomic mass is 32.1. The number of nitrogens with zero attached hydrogens (tertiary/aromatic N) is 3. The summed E-state index contributed by atoms with van der Waals surface area (Å²) in [6.07, 6.45) is 6.19. The minimum atomic E-state index is -0.708. The molecule has 0 saturated carbocycles. The summed E-state index contributed by atoms with van der Waals surface area (Å²) in [6, 6.07) is 1.27. The summed E-state index contributed by atoms with van der Waals surface area (Å²) in [5.41, 5.74) is 1.78. The summed E-state index contributed by atoms with van der Waals surface area (Å²) in [5, 5.41) is 6.70. The molecular weight excluding hydrogens is 342 g/mol. The topological polar surface area (TPSA) is 31.4 Å². The summed E-state index contributed by atoms with van der Waals surface area (Å²) >= 11 is 1.20. The summed E-state index contributed by atoms with van der Waals surface area (Å²) in [7, 11) is 1.90. The lowest BCUT2D eigenvalue weighted by Crippen LogP contribution is -2.36. The lowest BCUT2D eigenvalue weighted by molar-refractivity contribution is 0.0554. The predicted octanol–water partition coefficient (Wildman–Crippen LogP) is 4.76. The Morgan fingerprint density at radius 1 is 1.44 bits per heavy atom. The summed E-state index contributed by atoms with van der Waals surface area (Å²) in [6.45, 7) is 11.2. The van der Waals surface area contributed by atoms with Crippen LogP contribution in [0, 0.1) is 11.6 Å². The summed E-state index contributed by atoms with van der Waals surface area (Å²) in [4.78, 5) is 3.93. The molecular formula is C18H22F2N4S. The standard InChI is InChI=1S/C18H22F2N4S/c1-5-7-9-24(6-2)23(4)10-8-13(3)22-17-14(19)11-15-18(16(17)20)21-12-25-15/h5,8,10-12,22H,1,3,6-7,9H2,2,4H3/b10-8-. The highest BCUT2D eigenvalue weighted by Crippen LogP contribution is 2.30. The first-order valence-corrected chi connectivity index (χ1v) is 8.79. The monoisotopic (exact) mass is 364 g/mol. The van der Waals surface area contributed by atoms with E-state index in [1.165, 1.54) is 22.9 Å². The van der Waals surface area contributed by atoms with E-state index < -0.39 is 11.6 Å². The number of benzene rings is 1. The van der Waals surface area contributed by atoms with Gasteiger partial charge in [-0.1, -0.05) is 19.6 Å². The van der Waals surface area contributed by atoms with Crippen LogP contribution in [0.25, 0.3) is 10.2 Å². The lowest BCUT2D eigenvalue weighted by atomic mass is 10.2. The molecule has 0 saturated heterocycles. The van der Waals surface area contributed by atoms with Crippen LogP contribution in [0.2, 0.25) is 0 Å². The molecule has 0 aliphatic rings. The highest BCUT2D eigenvalue weighted by molar-refractivity contribution is 7.16. The Kier molecular flexibility index (Phi) is 6.66. The number of anilines is 1. The van der Waals surface area contributed by atoms with Crippen molar-refractivity contribution in [3.05, 3.63) is 60.4 Å². The van der Waals surface area contributed by atoms with Gasteiger partial charge in [-0.05, 0) is 18.6 Å². The van der Waals surface area contributed by atoms with Crippen molar-refractivity contribution in [3.8, 4) is 0 Å². The van der Waals surface area contributed by atoms with Gasteiger partial charge in [0.1, 0.15) is 11.2 Å². The molecule has 2 aromatic rings. The van der Waals surface area contributed by atoms with Crippen molar-refractivity contribution in [1.29, 1.82) is 0 Å². The molecule has 0 aliphatic heterocycles. The normalized spacial score (nSPS) is 11.4. The zero-order chi connectivity index (χ0) is 18.4. The summed E-state index contributed by atoms with van der Waals surface area (Å²) < 4.78 is 29.0. The van der Waals surface area contributed by atoms with Crippen LogP contribution in [0.1, 0.15) is 13.3 Å². The van der Waals surface area contributed by atoms with E-state index in [0.717, 1.165) is 19.5 Å². The molecule has 0 amide bonds. The molecule has 0 fully saturated rings. The maximum atomic E-state index is 14.4. The molecule has 1 heterocycles. The maximum absolute atomic E-state index is 14.4. The van der Waals surface area contributed by atoms with E-state index in [-0.39, 0.29) is 11.2 Å². The molecule has 1 aromatic carbocycles. The Bertz CT molecular complexity index is 785. The van der Waals surface area contributed by atoms with E-state index in [0.29, 0.717) is 10.4 Å². The van der Waals surface area contributed by atoms with Crippen molar-refractivity contribution in [1.82, 2.24) is 15.0 Å². The van der Waals surface area contributed by atoms with Crippen LogP contribution in [0.15, 0.2) is 48.8 Å². The number of hydrazine groups is 1. The van der Waals surface area contributed by atoms with E-state index in [1.54, 1.807) is 12.3 Å². The quantitative estimate of drug-likeness (QED) is 0.395. The molecule has 1 aromatic heterocycles. The Balaban J connectivity index is 2.08. The van der Waals surface area contributed by atoms with Gasteiger partial charge in [0.25, 0.3) is 0 Å². The van der Waals surface area contributed by atoms with Crippen molar-refractivity contribution < 1.29 is 8.78 Å². The van der Waals surface area contributed by atoms with Gasteiger partial charge in [-0.3, -0.25) is 0 Å². The number of hydrogen-bond donors (Lipinski definition) is 1. The number of rotatable bonds is 9. The number of aromatic nitrogens is 1. The number of thiazole rings is 1. The molecule has 0 atom stereocenters. The molecule has 134 valence electrons. The third-order valence-corrected chi connectivity index (χ3v) is 4.47. The fourth-order valence-electron chi connectivity index (χ4n) is 2.32. The van der Waals surface area contributed by atoms with Gasteiger partial charge < -0.3 is 10.3 Å². The zero-order valence-electron chi connectivity index (χ0n) is 14.4. The fraction of sp³-hybridized carbons (Fsp3) is 0.278. The molecule has 0 unspecified atom stereocenters. The smallest absolute Gasteiger partial charge is 0.176 e. The molecule has 25 heavy (non-hydrogen) atoms. The Hall–Kier alpha value is -2.25. The fourth-order valence-corrected chi connectivity index (χ4v) is 3.02. The maximum Gasteiger partial charge on any atom is 0.176 e. The van der Waals surface area contributed by atoms with Crippen LogP contribution in [0.4, 0.5) is 14.5 Å². The molecule has 2 rings (SSSR count). The molecule has 4 nitrogen and oxygen atoms in total. The van der Waals surface area contributed by atoms with Gasteiger partial charge in [0, 0.05) is 32.0 Å². The second kappa shape index (κ2) is 8.73. The van der Waals surface area contributed by atoms with Crippen LogP contribution >= 0.6 is 11.3 Å². The van der Waals surface area contributed by atoms with E-state index in [2.05, 4.69) is 28.5 Å². The van der Waals surface area contributed by atoms with Gasteiger partial charge in [-0.25, -0.2) is 18.8 Å². The van der Waals surface area contributed by atoms with Crippen LogP contribution in [-0.2, 0) is 0 Å². The molecule has 0 spiro atoms.